The van der Waals surface area contributed by atoms with Crippen LogP contribution in [0.3, 0.4) is 0 Å². The van der Waals surface area contributed by atoms with Crippen LogP contribution in [0.25, 0.3) is 21.3 Å². The Hall–Kier alpha value is -3.39. The van der Waals surface area contributed by atoms with Crippen LogP contribution in [0, 0.1) is 6.92 Å². The number of nitrogens with zero attached hydrogens (tertiary/aromatic N) is 3. The molecule has 4 rings (SSSR count). The van der Waals surface area contributed by atoms with Gasteiger partial charge in [0, 0.05) is 0 Å². The number of hydrogen-bond donors (Lipinski definition) is 1. The van der Waals surface area contributed by atoms with Gasteiger partial charge in [-0.3, -0.25) is 15.1 Å². The summed E-state index contributed by atoms with van der Waals surface area (Å²) in [5.41, 5.74) is 3.26. The maximum atomic E-state index is 12.6. The summed E-state index contributed by atoms with van der Waals surface area (Å²) in [6.07, 6.45) is 0.720. The van der Waals surface area contributed by atoms with Gasteiger partial charge in [-0.25, -0.2) is 14.8 Å². The number of ether oxygens (including phenoxy) is 1. The number of esters is 1. The average Bonchev–Trinajstić information content (AvgIpc) is 3.12. The molecule has 0 radical (unpaired) electrons. The minimum absolute atomic E-state index is 0.0606. The number of carbonyl (C=O) groups excluding carboxylic acids is 2. The molecule has 0 aliphatic heterocycles. The SMILES string of the molecule is CCC(OC(=O)c1cnc2ccccc2n1)C(=O)Nc1nc2ccc(C)cc2s1. The van der Waals surface area contributed by atoms with E-state index >= 15 is 0 Å². The first-order chi connectivity index (χ1) is 14.0. The number of amides is 1. The zero-order valence-corrected chi connectivity index (χ0v) is 16.7. The quantitative estimate of drug-likeness (QED) is 0.501. The highest BCUT2D eigenvalue weighted by molar-refractivity contribution is 7.22. The number of aryl methyl sites for hydroxylation is 1. The number of aromatic nitrogens is 3. The van der Waals surface area contributed by atoms with Gasteiger partial charge in [-0.1, -0.05) is 36.5 Å². The van der Waals surface area contributed by atoms with Gasteiger partial charge in [-0.05, 0) is 43.2 Å². The summed E-state index contributed by atoms with van der Waals surface area (Å²) in [6, 6.07) is 13.1. The van der Waals surface area contributed by atoms with E-state index in [4.69, 9.17) is 4.74 Å². The number of benzene rings is 2. The van der Waals surface area contributed by atoms with Crippen molar-refractivity contribution < 1.29 is 14.3 Å². The summed E-state index contributed by atoms with van der Waals surface area (Å²) < 4.78 is 6.37. The molecule has 7 nitrogen and oxygen atoms in total. The predicted octanol–water partition coefficient (Wildman–Crippen LogP) is 4.12. The Labute approximate surface area is 170 Å². The number of carbonyl (C=O) groups is 2. The normalized spacial score (nSPS) is 12.1. The fourth-order valence-corrected chi connectivity index (χ4v) is 3.81. The highest BCUT2D eigenvalue weighted by atomic mass is 32.1. The molecular formula is C21H18N4O3S. The molecule has 0 bridgehead atoms. The van der Waals surface area contributed by atoms with E-state index in [0.717, 1.165) is 15.8 Å². The average molecular weight is 406 g/mol. The minimum atomic E-state index is -0.954. The molecule has 1 atom stereocenters. The second-order valence-corrected chi connectivity index (χ2v) is 7.56. The van der Waals surface area contributed by atoms with E-state index < -0.39 is 18.0 Å². The number of para-hydroxylation sites is 2. The third kappa shape index (κ3) is 4.07. The van der Waals surface area contributed by atoms with Gasteiger partial charge in [0.15, 0.2) is 16.9 Å². The van der Waals surface area contributed by atoms with Crippen LogP contribution in [0.1, 0.15) is 29.4 Å². The Morgan fingerprint density at radius 3 is 2.69 bits per heavy atom. The molecule has 146 valence electrons. The summed E-state index contributed by atoms with van der Waals surface area (Å²) in [5.74, 6) is -1.12. The highest BCUT2D eigenvalue weighted by Gasteiger charge is 2.24. The lowest BCUT2D eigenvalue weighted by atomic mass is 10.2. The van der Waals surface area contributed by atoms with Gasteiger partial charge in [0.2, 0.25) is 0 Å². The first-order valence-electron chi connectivity index (χ1n) is 9.14. The van der Waals surface area contributed by atoms with E-state index in [2.05, 4.69) is 20.3 Å². The van der Waals surface area contributed by atoms with Crippen LogP contribution in [0.15, 0.2) is 48.7 Å². The predicted molar refractivity (Wildman–Crippen MR) is 112 cm³/mol. The molecular weight excluding hydrogens is 388 g/mol. The van der Waals surface area contributed by atoms with E-state index in [9.17, 15) is 9.59 Å². The first kappa shape index (κ1) is 18.9. The van der Waals surface area contributed by atoms with E-state index in [0.29, 0.717) is 22.6 Å². The molecule has 1 unspecified atom stereocenters. The molecule has 0 aliphatic rings. The second kappa shape index (κ2) is 7.92. The van der Waals surface area contributed by atoms with Crippen LogP contribution in [-0.2, 0) is 9.53 Å². The van der Waals surface area contributed by atoms with Crippen LogP contribution in [0.4, 0.5) is 5.13 Å². The molecule has 29 heavy (non-hydrogen) atoms. The third-order valence-corrected chi connectivity index (χ3v) is 5.28. The Morgan fingerprint density at radius 1 is 1.10 bits per heavy atom. The zero-order chi connectivity index (χ0) is 20.4. The van der Waals surface area contributed by atoms with Gasteiger partial charge in [0.25, 0.3) is 5.91 Å². The highest BCUT2D eigenvalue weighted by Crippen LogP contribution is 2.27. The number of anilines is 1. The number of nitrogens with one attached hydrogen (secondary N) is 1. The molecule has 0 fully saturated rings. The summed E-state index contributed by atoms with van der Waals surface area (Å²) in [4.78, 5) is 38.0. The van der Waals surface area contributed by atoms with Crippen LogP contribution < -0.4 is 5.32 Å². The smallest absolute Gasteiger partial charge is 0.359 e. The van der Waals surface area contributed by atoms with Gasteiger partial charge < -0.3 is 4.74 Å². The van der Waals surface area contributed by atoms with Crippen molar-refractivity contribution in [1.82, 2.24) is 15.0 Å². The molecule has 0 saturated carbocycles. The monoisotopic (exact) mass is 406 g/mol. The van der Waals surface area contributed by atoms with Crippen molar-refractivity contribution in [3.63, 3.8) is 0 Å². The van der Waals surface area contributed by atoms with Gasteiger partial charge in [-0.15, -0.1) is 0 Å². The van der Waals surface area contributed by atoms with Gasteiger partial charge in [-0.2, -0.15) is 0 Å². The molecule has 0 saturated heterocycles. The zero-order valence-electron chi connectivity index (χ0n) is 15.9. The molecule has 2 aromatic carbocycles. The van der Waals surface area contributed by atoms with Gasteiger partial charge in [0.05, 0.1) is 27.4 Å². The topological polar surface area (TPSA) is 94.1 Å². The van der Waals surface area contributed by atoms with Gasteiger partial charge >= 0.3 is 5.97 Å². The van der Waals surface area contributed by atoms with Crippen LogP contribution >= 0.6 is 11.3 Å². The second-order valence-electron chi connectivity index (χ2n) is 6.53. The van der Waals surface area contributed by atoms with E-state index in [-0.39, 0.29) is 5.69 Å². The fraction of sp³-hybridized carbons (Fsp3) is 0.190. The number of rotatable bonds is 5. The van der Waals surface area contributed by atoms with E-state index in [1.807, 2.05) is 37.3 Å². The Morgan fingerprint density at radius 2 is 1.90 bits per heavy atom. The number of hydrogen-bond acceptors (Lipinski definition) is 7. The molecule has 4 aromatic rings. The fourth-order valence-electron chi connectivity index (χ4n) is 2.84. The summed E-state index contributed by atoms with van der Waals surface area (Å²) >= 11 is 1.38. The molecule has 1 N–H and O–H groups in total. The third-order valence-electron chi connectivity index (χ3n) is 4.34. The van der Waals surface area contributed by atoms with Crippen molar-refractivity contribution in [2.24, 2.45) is 0 Å². The van der Waals surface area contributed by atoms with Crippen molar-refractivity contribution in [1.29, 1.82) is 0 Å². The minimum Gasteiger partial charge on any atom is -0.447 e. The van der Waals surface area contributed by atoms with Crippen LogP contribution in [0.2, 0.25) is 0 Å². The van der Waals surface area contributed by atoms with Crippen molar-refractivity contribution in [3.05, 3.63) is 59.9 Å². The van der Waals surface area contributed by atoms with E-state index in [1.165, 1.54) is 17.5 Å². The molecule has 8 heteroatoms. The van der Waals surface area contributed by atoms with Gasteiger partial charge in [0.1, 0.15) is 0 Å². The lowest BCUT2D eigenvalue weighted by Gasteiger charge is -2.14. The summed E-state index contributed by atoms with van der Waals surface area (Å²) in [5, 5.41) is 3.21. The van der Waals surface area contributed by atoms with Crippen molar-refractivity contribution in [3.8, 4) is 0 Å². The molecule has 1 amide bonds. The largest absolute Gasteiger partial charge is 0.447 e. The van der Waals surface area contributed by atoms with Crippen molar-refractivity contribution >= 4 is 49.6 Å². The van der Waals surface area contributed by atoms with Crippen LogP contribution in [-0.4, -0.2) is 32.9 Å². The standard InChI is InChI=1S/C21H18N4O3S/c1-3-17(19(26)25-21-24-15-9-8-12(2)10-18(15)29-21)28-20(27)16-11-22-13-6-4-5-7-14(13)23-16/h4-11,17H,3H2,1-2H3,(H,24,25,26). The maximum Gasteiger partial charge on any atom is 0.359 e. The summed E-state index contributed by atoms with van der Waals surface area (Å²) in [7, 11) is 0. The molecule has 2 aromatic heterocycles. The molecule has 2 heterocycles. The Kier molecular flexibility index (Phi) is 5.18. The van der Waals surface area contributed by atoms with Crippen molar-refractivity contribution in [2.75, 3.05) is 5.32 Å². The first-order valence-corrected chi connectivity index (χ1v) is 9.96. The maximum absolute atomic E-state index is 12.6. The van der Waals surface area contributed by atoms with Crippen molar-refractivity contribution in [2.45, 2.75) is 26.4 Å². The van der Waals surface area contributed by atoms with E-state index in [1.54, 1.807) is 19.1 Å². The number of thiazole rings is 1. The molecule has 0 aliphatic carbocycles. The molecule has 0 spiro atoms. The Balaban J connectivity index is 1.47. The lowest BCUT2D eigenvalue weighted by Crippen LogP contribution is -2.32. The lowest BCUT2D eigenvalue weighted by molar-refractivity contribution is -0.124. The van der Waals surface area contributed by atoms with Crippen LogP contribution in [0.5, 0.6) is 0 Å². The summed E-state index contributed by atoms with van der Waals surface area (Å²) in [6.45, 7) is 3.77. The number of fused-ring (bicyclic) bond motifs is 2. The Bertz CT molecular complexity index is 1220.